The van der Waals surface area contributed by atoms with E-state index in [1.54, 1.807) is 0 Å². The van der Waals surface area contributed by atoms with Crippen LogP contribution in [0.25, 0.3) is 0 Å². The fourth-order valence-electron chi connectivity index (χ4n) is 1.73. The van der Waals surface area contributed by atoms with E-state index in [2.05, 4.69) is 43.1 Å². The zero-order valence-electron chi connectivity index (χ0n) is 11.5. The molecule has 1 aromatic carbocycles. The second-order valence-electron chi connectivity index (χ2n) is 4.41. The lowest BCUT2D eigenvalue weighted by Gasteiger charge is -2.07. The first-order chi connectivity index (χ1) is 8.86. The van der Waals surface area contributed by atoms with Gasteiger partial charge in [0.15, 0.2) is 0 Å². The van der Waals surface area contributed by atoms with Crippen LogP contribution < -0.4 is 10.1 Å². The molecule has 0 aliphatic carbocycles. The van der Waals surface area contributed by atoms with Gasteiger partial charge in [-0.1, -0.05) is 25.1 Å². The maximum Gasteiger partial charge on any atom is 0.119 e. The molecule has 0 aromatic heterocycles. The predicted octanol–water partition coefficient (Wildman–Crippen LogP) is 3.92. The summed E-state index contributed by atoms with van der Waals surface area (Å²) >= 11 is 0. The molecule has 0 aliphatic heterocycles. The lowest BCUT2D eigenvalue weighted by molar-refractivity contribution is 0.305. The van der Waals surface area contributed by atoms with Crippen LogP contribution in [-0.4, -0.2) is 13.2 Å². The number of ether oxygens (including phenoxy) is 1. The van der Waals surface area contributed by atoms with Crippen molar-refractivity contribution in [3.63, 3.8) is 0 Å². The van der Waals surface area contributed by atoms with E-state index in [1.807, 2.05) is 6.08 Å². The Labute approximate surface area is 111 Å². The van der Waals surface area contributed by atoms with E-state index in [4.69, 9.17) is 4.74 Å². The Bertz CT molecular complexity index is 318. The Morgan fingerprint density at radius 2 is 1.94 bits per heavy atom. The third kappa shape index (κ3) is 6.45. The van der Waals surface area contributed by atoms with Crippen LogP contribution in [0.3, 0.4) is 0 Å². The molecule has 0 radical (unpaired) electrons. The molecule has 2 nitrogen and oxygen atoms in total. The van der Waals surface area contributed by atoms with Crippen LogP contribution in [0, 0.1) is 0 Å². The second kappa shape index (κ2) is 9.72. The zero-order valence-corrected chi connectivity index (χ0v) is 11.5. The lowest BCUT2D eigenvalue weighted by Crippen LogP contribution is -2.11. The first-order valence-electron chi connectivity index (χ1n) is 6.90. The number of nitrogens with one attached hydrogen (secondary N) is 1. The van der Waals surface area contributed by atoms with Crippen LogP contribution in [0.5, 0.6) is 5.75 Å². The molecule has 1 rings (SSSR count). The van der Waals surface area contributed by atoms with Crippen molar-refractivity contribution in [1.82, 2.24) is 5.32 Å². The first kappa shape index (κ1) is 14.8. The summed E-state index contributed by atoms with van der Waals surface area (Å²) in [7, 11) is 0. The van der Waals surface area contributed by atoms with Gasteiger partial charge in [0.25, 0.3) is 0 Å². The molecule has 0 bridgehead atoms. The third-order valence-electron chi connectivity index (χ3n) is 2.82. The number of rotatable bonds is 10. The molecule has 0 saturated heterocycles. The lowest BCUT2D eigenvalue weighted by atomic mass is 10.2. The molecule has 0 spiro atoms. The Balaban J connectivity index is 2.16. The van der Waals surface area contributed by atoms with Gasteiger partial charge in [-0.15, -0.1) is 6.58 Å². The van der Waals surface area contributed by atoms with E-state index in [0.717, 1.165) is 38.3 Å². The van der Waals surface area contributed by atoms with Crippen molar-refractivity contribution in [2.45, 2.75) is 39.2 Å². The minimum atomic E-state index is 0.809. The molecule has 0 saturated carbocycles. The average Bonchev–Trinajstić information content (AvgIpc) is 2.42. The number of hydrogen-bond acceptors (Lipinski definition) is 2. The average molecular weight is 247 g/mol. The quantitative estimate of drug-likeness (QED) is 0.500. The highest BCUT2D eigenvalue weighted by Crippen LogP contribution is 2.13. The molecule has 0 amide bonds. The van der Waals surface area contributed by atoms with Gasteiger partial charge in [-0.2, -0.15) is 0 Å². The van der Waals surface area contributed by atoms with Crippen LogP contribution in [0.15, 0.2) is 36.9 Å². The molecule has 1 N–H and O–H groups in total. The van der Waals surface area contributed by atoms with Crippen molar-refractivity contribution in [3.8, 4) is 5.75 Å². The van der Waals surface area contributed by atoms with E-state index in [-0.39, 0.29) is 0 Å². The SMILES string of the molecule is C=CCCCCCOc1ccc(CNCC)cc1. The predicted molar refractivity (Wildman–Crippen MR) is 78.0 cm³/mol. The minimum Gasteiger partial charge on any atom is -0.494 e. The van der Waals surface area contributed by atoms with Gasteiger partial charge in [0.05, 0.1) is 6.61 Å². The van der Waals surface area contributed by atoms with Gasteiger partial charge in [-0.25, -0.2) is 0 Å². The standard InChI is InChI=1S/C16H25NO/c1-3-5-6-7-8-13-18-16-11-9-15(10-12-16)14-17-4-2/h3,9-12,17H,1,4-8,13-14H2,2H3. The van der Waals surface area contributed by atoms with E-state index in [0.29, 0.717) is 0 Å². The summed E-state index contributed by atoms with van der Waals surface area (Å²) in [5, 5.41) is 3.31. The molecule has 0 aliphatic rings. The maximum absolute atomic E-state index is 5.70. The molecule has 100 valence electrons. The summed E-state index contributed by atoms with van der Waals surface area (Å²) in [5.74, 6) is 0.971. The topological polar surface area (TPSA) is 21.3 Å². The van der Waals surface area contributed by atoms with Gasteiger partial charge >= 0.3 is 0 Å². The highest BCUT2D eigenvalue weighted by atomic mass is 16.5. The smallest absolute Gasteiger partial charge is 0.119 e. The van der Waals surface area contributed by atoms with Crippen molar-refractivity contribution in [1.29, 1.82) is 0 Å². The summed E-state index contributed by atoms with van der Waals surface area (Å²) < 4.78 is 5.70. The van der Waals surface area contributed by atoms with Crippen LogP contribution in [-0.2, 0) is 6.54 Å². The Hall–Kier alpha value is -1.28. The monoisotopic (exact) mass is 247 g/mol. The Morgan fingerprint density at radius 1 is 1.17 bits per heavy atom. The molecule has 0 fully saturated rings. The summed E-state index contributed by atoms with van der Waals surface area (Å²) in [6, 6.07) is 8.35. The first-order valence-corrected chi connectivity index (χ1v) is 6.90. The third-order valence-corrected chi connectivity index (χ3v) is 2.82. The number of allylic oxidation sites excluding steroid dienone is 1. The minimum absolute atomic E-state index is 0.809. The van der Waals surface area contributed by atoms with E-state index >= 15 is 0 Å². The number of benzene rings is 1. The Morgan fingerprint density at radius 3 is 2.61 bits per heavy atom. The second-order valence-corrected chi connectivity index (χ2v) is 4.41. The fraction of sp³-hybridized carbons (Fsp3) is 0.500. The van der Waals surface area contributed by atoms with E-state index in [9.17, 15) is 0 Å². The summed E-state index contributed by atoms with van der Waals surface area (Å²) in [5.41, 5.74) is 1.30. The molecule has 18 heavy (non-hydrogen) atoms. The molecular weight excluding hydrogens is 222 g/mol. The number of unbranched alkanes of at least 4 members (excludes halogenated alkanes) is 3. The van der Waals surface area contributed by atoms with Gasteiger partial charge in [0.1, 0.15) is 5.75 Å². The van der Waals surface area contributed by atoms with E-state index < -0.39 is 0 Å². The maximum atomic E-state index is 5.70. The number of hydrogen-bond donors (Lipinski definition) is 1. The van der Waals surface area contributed by atoms with Crippen LogP contribution in [0.2, 0.25) is 0 Å². The van der Waals surface area contributed by atoms with Crippen LogP contribution >= 0.6 is 0 Å². The summed E-state index contributed by atoms with van der Waals surface area (Å²) in [6.07, 6.45) is 6.63. The van der Waals surface area contributed by atoms with Crippen LogP contribution in [0.4, 0.5) is 0 Å². The normalized spacial score (nSPS) is 10.3. The molecule has 2 heteroatoms. The van der Waals surface area contributed by atoms with Gasteiger partial charge in [0, 0.05) is 6.54 Å². The highest BCUT2D eigenvalue weighted by Gasteiger charge is 1.95. The molecular formula is C16H25NO. The van der Waals surface area contributed by atoms with Gasteiger partial charge in [-0.3, -0.25) is 0 Å². The molecule has 0 atom stereocenters. The van der Waals surface area contributed by atoms with Crippen molar-refractivity contribution in [2.24, 2.45) is 0 Å². The summed E-state index contributed by atoms with van der Waals surface area (Å²) in [6.45, 7) is 8.58. The molecule has 1 aromatic rings. The van der Waals surface area contributed by atoms with Crippen molar-refractivity contribution < 1.29 is 4.74 Å². The van der Waals surface area contributed by atoms with Crippen molar-refractivity contribution >= 4 is 0 Å². The fourth-order valence-corrected chi connectivity index (χ4v) is 1.73. The highest BCUT2D eigenvalue weighted by molar-refractivity contribution is 5.27. The summed E-state index contributed by atoms with van der Waals surface area (Å²) in [4.78, 5) is 0. The Kier molecular flexibility index (Phi) is 7.98. The van der Waals surface area contributed by atoms with Crippen molar-refractivity contribution in [3.05, 3.63) is 42.5 Å². The molecule has 0 heterocycles. The van der Waals surface area contributed by atoms with E-state index in [1.165, 1.54) is 18.4 Å². The van der Waals surface area contributed by atoms with Gasteiger partial charge in [-0.05, 0) is 49.9 Å². The molecule has 0 unspecified atom stereocenters. The van der Waals surface area contributed by atoms with Crippen LogP contribution in [0.1, 0.15) is 38.2 Å². The van der Waals surface area contributed by atoms with Gasteiger partial charge in [0.2, 0.25) is 0 Å². The van der Waals surface area contributed by atoms with Gasteiger partial charge < -0.3 is 10.1 Å². The largest absolute Gasteiger partial charge is 0.494 e. The van der Waals surface area contributed by atoms with Crippen molar-refractivity contribution in [2.75, 3.05) is 13.2 Å². The zero-order chi connectivity index (χ0) is 13.1.